The van der Waals surface area contributed by atoms with Crippen molar-refractivity contribution in [2.24, 2.45) is 0 Å². The van der Waals surface area contributed by atoms with E-state index in [1.165, 1.54) is 0 Å². The van der Waals surface area contributed by atoms with Crippen molar-refractivity contribution in [2.75, 3.05) is 0 Å². The maximum Gasteiger partial charge on any atom is 1.00 e. The van der Waals surface area contributed by atoms with Crippen LogP contribution in [0.25, 0.3) is 0 Å². The molecule has 1 nitrogen and oxygen atoms in total. The predicted molar refractivity (Wildman–Crippen MR) is 26.6 cm³/mol. The van der Waals surface area contributed by atoms with Crippen LogP contribution in [0.3, 0.4) is 0 Å². The van der Waals surface area contributed by atoms with Crippen LogP contribution in [0, 0.1) is 19.2 Å². The average Bonchev–Trinajstić information content (AvgIpc) is 1.69. The molecule has 0 amide bonds. The van der Waals surface area contributed by atoms with Gasteiger partial charge in [0, 0.05) is 0 Å². The molecule has 0 aromatic carbocycles. The summed E-state index contributed by atoms with van der Waals surface area (Å²) in [6.07, 6.45) is 2.66. The summed E-state index contributed by atoms with van der Waals surface area (Å²) in [5, 5.41) is 0. The van der Waals surface area contributed by atoms with Crippen LogP contribution in [0.4, 0.5) is 0 Å². The van der Waals surface area contributed by atoms with Gasteiger partial charge < -0.3 is 11.1 Å². The van der Waals surface area contributed by atoms with Crippen molar-refractivity contribution in [3.63, 3.8) is 0 Å². The zero-order chi connectivity index (χ0) is 5.11. The Bertz CT molecular complexity index is 141. The predicted octanol–water partition coefficient (Wildman–Crippen LogP) is -5.00. The molecule has 0 unspecified atom stereocenters. The first-order valence-electron chi connectivity index (χ1n) is 2.10. The van der Waals surface area contributed by atoms with Crippen LogP contribution >= 0.6 is 0 Å². The van der Waals surface area contributed by atoms with Gasteiger partial charge in [0.25, 0.3) is 0 Å². The fraction of sp³-hybridized carbons (Fsp3) is 0.167. The molecule has 0 aliphatic heterocycles. The molecule has 0 atom stereocenters. The third kappa shape index (κ3) is 7.13. The first-order chi connectivity index (χ1) is 3.39. The quantitative estimate of drug-likeness (QED) is 0.427. The molecule has 1 heterocycles. The minimum Gasteiger partial charge on any atom is -0.526 e. The second kappa shape index (κ2) is 8.85. The van der Waals surface area contributed by atoms with Crippen LogP contribution in [0.2, 0.25) is 0 Å². The maximum atomic E-state index is 3.82. The normalized spacial score (nSPS) is 6.78. The largest absolute Gasteiger partial charge is 1.00 e. The fourth-order valence-electron chi connectivity index (χ4n) is 0.366. The van der Waals surface area contributed by atoms with E-state index in [2.05, 4.69) is 17.2 Å². The molecule has 9 heavy (non-hydrogen) atoms. The summed E-state index contributed by atoms with van der Waals surface area (Å²) in [6.45, 7) is 1.91. The molecule has 0 N–H and O–H groups in total. The van der Waals surface area contributed by atoms with Crippen LogP contribution in [0.15, 0.2) is 12.1 Å². The molecule has 36 valence electrons. The topological polar surface area (TPSA) is 12.9 Å². The van der Waals surface area contributed by atoms with Crippen molar-refractivity contribution < 1.29 is 116 Å². The number of nitrogens with zero attached hydrogens (tertiary/aromatic N) is 1. The van der Waals surface area contributed by atoms with Crippen LogP contribution in [-0.2, 0) is 0 Å². The monoisotopic (exact) mass is 261 g/mol. The van der Waals surface area contributed by atoms with Crippen molar-refractivity contribution in [1.82, 2.24) is 4.98 Å². The van der Waals surface area contributed by atoms with Crippen LogP contribution in [-0.4, -0.2) is 4.98 Å². The molecule has 1 rings (SSSR count). The molecule has 0 aliphatic rings. The molecule has 3 heteroatoms. The number of rotatable bonds is 0. The van der Waals surface area contributed by atoms with E-state index in [0.29, 0.717) is 0 Å². The van der Waals surface area contributed by atoms with E-state index >= 15 is 0 Å². The number of pyridine rings is 1. The van der Waals surface area contributed by atoms with Gasteiger partial charge in [-0.3, -0.25) is 18.3 Å². The van der Waals surface area contributed by atoms with Gasteiger partial charge in [0.1, 0.15) is 0 Å². The summed E-state index contributed by atoms with van der Waals surface area (Å²) >= 11 is 0. The third-order valence-electron chi connectivity index (χ3n) is 0.681. The molecule has 0 fully saturated rings. The van der Waals surface area contributed by atoms with Crippen LogP contribution < -0.4 is 116 Å². The SMILES string of the molecule is Cc1c[c-]c[c-]n1.[Rb+].[Rb+]. The molecular formula is C6H5NRb2. The maximum absolute atomic E-state index is 3.82. The Balaban J connectivity index is 0. The summed E-state index contributed by atoms with van der Waals surface area (Å²) in [5.41, 5.74) is 0.961. The molecule has 0 aliphatic carbocycles. The molecule has 0 spiro atoms. The van der Waals surface area contributed by atoms with E-state index in [0.717, 1.165) is 5.69 Å². The van der Waals surface area contributed by atoms with E-state index in [-0.39, 0.29) is 116 Å². The Kier molecular flexibility index (Phi) is 14.1. The van der Waals surface area contributed by atoms with Gasteiger partial charge in [-0.25, -0.2) is 0 Å². The molecule has 1 aromatic rings. The summed E-state index contributed by atoms with van der Waals surface area (Å²) in [4.78, 5) is 3.82. The zero-order valence-electron chi connectivity index (χ0n) is 6.10. The van der Waals surface area contributed by atoms with Crippen LogP contribution in [0.1, 0.15) is 5.69 Å². The number of hydrogen-bond donors (Lipinski definition) is 0. The van der Waals surface area contributed by atoms with Gasteiger partial charge in [-0.15, -0.1) is 6.92 Å². The summed E-state index contributed by atoms with van der Waals surface area (Å²) in [5.74, 6) is 0. The van der Waals surface area contributed by atoms with Crippen molar-refractivity contribution in [2.45, 2.75) is 6.92 Å². The van der Waals surface area contributed by atoms with Crippen molar-refractivity contribution in [3.8, 4) is 0 Å². The molecular weight excluding hydrogens is 257 g/mol. The van der Waals surface area contributed by atoms with Gasteiger partial charge in [0.2, 0.25) is 0 Å². The summed E-state index contributed by atoms with van der Waals surface area (Å²) in [7, 11) is 0. The van der Waals surface area contributed by atoms with E-state index in [4.69, 9.17) is 0 Å². The standard InChI is InChI=1S/C6H5N.2Rb/c1-6-4-2-3-5-7-6;;/h3-4H,1H3;;/q-2;2*+1. The summed E-state index contributed by atoms with van der Waals surface area (Å²) < 4.78 is 0. The van der Waals surface area contributed by atoms with Gasteiger partial charge in [-0.2, -0.15) is 5.69 Å². The number of aryl methyl sites for hydroxylation is 1. The van der Waals surface area contributed by atoms with Crippen molar-refractivity contribution >= 4 is 0 Å². The Morgan fingerprint density at radius 3 is 2.33 bits per heavy atom. The van der Waals surface area contributed by atoms with Gasteiger partial charge in [0.15, 0.2) is 0 Å². The van der Waals surface area contributed by atoms with Gasteiger partial charge >= 0.3 is 116 Å². The first kappa shape index (κ1) is 14.3. The number of aromatic nitrogens is 1. The van der Waals surface area contributed by atoms with Gasteiger partial charge in [0.05, 0.1) is 0 Å². The second-order valence-electron chi connectivity index (χ2n) is 1.34. The van der Waals surface area contributed by atoms with E-state index in [1.807, 2.05) is 13.0 Å². The summed E-state index contributed by atoms with van der Waals surface area (Å²) in [6, 6.07) is 6.32. The Hall–Kier alpha value is 2.76. The first-order valence-corrected chi connectivity index (χ1v) is 2.10. The average molecular weight is 262 g/mol. The van der Waals surface area contributed by atoms with E-state index < -0.39 is 0 Å². The van der Waals surface area contributed by atoms with Crippen molar-refractivity contribution in [1.29, 1.82) is 0 Å². The van der Waals surface area contributed by atoms with Crippen LogP contribution in [0.5, 0.6) is 0 Å². The molecule has 0 bridgehead atoms. The van der Waals surface area contributed by atoms with Gasteiger partial charge in [-0.05, 0) is 0 Å². The minimum absolute atomic E-state index is 0. The van der Waals surface area contributed by atoms with Crippen molar-refractivity contribution in [3.05, 3.63) is 30.1 Å². The Morgan fingerprint density at radius 1 is 1.44 bits per heavy atom. The van der Waals surface area contributed by atoms with Gasteiger partial charge in [-0.1, -0.05) is 0 Å². The van der Waals surface area contributed by atoms with E-state index in [1.54, 1.807) is 6.07 Å². The molecule has 0 saturated carbocycles. The van der Waals surface area contributed by atoms with E-state index in [9.17, 15) is 0 Å². The second-order valence-corrected chi connectivity index (χ2v) is 1.34. The zero-order valence-corrected chi connectivity index (χ0v) is 15.9. The molecule has 1 aromatic heterocycles. The Labute approximate surface area is 154 Å². The smallest absolute Gasteiger partial charge is 0.526 e. The minimum atomic E-state index is 0. The molecule has 0 saturated heterocycles. The fourth-order valence-corrected chi connectivity index (χ4v) is 0.366. The molecule has 0 radical (unpaired) electrons. The Morgan fingerprint density at radius 2 is 2.11 bits per heavy atom. The number of hydrogen-bond acceptors (Lipinski definition) is 1. The third-order valence-corrected chi connectivity index (χ3v) is 0.681.